The van der Waals surface area contributed by atoms with E-state index in [1.165, 1.54) is 50.6 Å². The van der Waals surface area contributed by atoms with Crippen molar-refractivity contribution in [2.75, 3.05) is 60.3 Å². The number of hydrogen-bond donors (Lipinski definition) is 5. The number of halogens is 2. The number of alkyl halides is 2. The van der Waals surface area contributed by atoms with Crippen LogP contribution in [0.5, 0.6) is 0 Å². The number of carbonyl (C=O) groups is 10. The molecule has 0 saturated carbocycles. The summed E-state index contributed by atoms with van der Waals surface area (Å²) in [5.74, 6) is -3.88. The first-order chi connectivity index (χ1) is 31.7. The van der Waals surface area contributed by atoms with Gasteiger partial charge < -0.3 is 36.1 Å². The van der Waals surface area contributed by atoms with Crippen LogP contribution in [0.3, 0.4) is 0 Å². The van der Waals surface area contributed by atoms with Crippen LogP contribution in [0, 0.1) is 0 Å². The zero-order valence-electron chi connectivity index (χ0n) is 35.9. The van der Waals surface area contributed by atoms with Crippen molar-refractivity contribution < 1.29 is 57.4 Å². The number of methoxy groups -OCH3 is 2. The number of benzene rings is 4. The van der Waals surface area contributed by atoms with Crippen molar-refractivity contribution in [3.63, 3.8) is 0 Å². The number of unbranched alkanes of at least 4 members (excludes halogenated alkanes) is 1. The zero-order chi connectivity index (χ0) is 47.9. The maximum Gasteiger partial charge on any atom is 0.319 e. The van der Waals surface area contributed by atoms with Crippen molar-refractivity contribution in [2.24, 2.45) is 0 Å². The van der Waals surface area contributed by atoms with Crippen molar-refractivity contribution in [1.29, 1.82) is 0 Å². The third-order valence-electron chi connectivity index (χ3n) is 10.2. The van der Waals surface area contributed by atoms with Crippen molar-refractivity contribution in [3.05, 3.63) is 117 Å². The van der Waals surface area contributed by atoms with E-state index in [-0.39, 0.29) is 155 Å². The van der Waals surface area contributed by atoms with Gasteiger partial charge in [-0.05, 0) is 37.1 Å². The average molecular weight is 959 g/mol. The van der Waals surface area contributed by atoms with Crippen LogP contribution in [0.25, 0.3) is 0 Å². The lowest BCUT2D eigenvalue weighted by molar-refractivity contribution is -0.141. The molecule has 0 aliphatic heterocycles. The Balaban J connectivity index is 0.000000301. The standard InChI is InChI=1S/C27H29N3O8.C20H16Cl2N2O4.CH4/c1-37-22(33)10-6-5-9-20(31)29-18-11-12-19(30-21(32)13-14-28-15-23(34)38-2)25-24(18)26(35)16-7-3-4-8-17(16)27(25)36;21-9-7-15(25)23-13-5-6-14(24-16(26)8-10-22)18-17(13)19(27)11-3-1-2-4-12(11)20(18)28;/h3-4,7-8,11-12,28H,5-6,9-10,13-15H2,1-2H3,(H,29,31)(H,30,32);1-6H,7-10H2,(H,23,25)(H,24,26);1H4. The molecule has 0 heterocycles. The minimum Gasteiger partial charge on any atom is -0.469 e. The molecule has 17 nitrogen and oxygen atoms in total. The Kier molecular flexibility index (Phi) is 19.6. The number of nitrogens with one attached hydrogen (secondary N) is 5. The highest BCUT2D eigenvalue weighted by Crippen LogP contribution is 2.38. The van der Waals surface area contributed by atoms with E-state index < -0.39 is 35.0 Å². The van der Waals surface area contributed by atoms with Crippen LogP contribution >= 0.6 is 23.2 Å². The molecule has 0 saturated heterocycles. The predicted octanol–water partition coefficient (Wildman–Crippen LogP) is 6.46. The van der Waals surface area contributed by atoms with Crippen molar-refractivity contribution in [3.8, 4) is 0 Å². The molecular formula is C48H49Cl2N5O12. The normalized spacial score (nSPS) is 11.8. The summed E-state index contributed by atoms with van der Waals surface area (Å²) in [4.78, 5) is 125. The van der Waals surface area contributed by atoms with Crippen molar-refractivity contribution >= 4 is 105 Å². The molecule has 0 fully saturated rings. The molecule has 0 bridgehead atoms. The van der Waals surface area contributed by atoms with E-state index in [0.717, 1.165) is 0 Å². The number of rotatable bonds is 18. The molecule has 4 aromatic carbocycles. The number of esters is 2. The maximum atomic E-state index is 13.4. The fourth-order valence-corrected chi connectivity index (χ4v) is 7.35. The smallest absolute Gasteiger partial charge is 0.319 e. The first-order valence-corrected chi connectivity index (χ1v) is 21.7. The van der Waals surface area contributed by atoms with Gasteiger partial charge in [-0.3, -0.25) is 47.9 Å². The highest BCUT2D eigenvalue weighted by Gasteiger charge is 2.36. The van der Waals surface area contributed by atoms with Crippen LogP contribution in [0.1, 0.15) is 116 Å². The van der Waals surface area contributed by atoms with Gasteiger partial charge in [0.05, 0.1) is 65.8 Å². The number of carbonyl (C=O) groups excluding carboxylic acids is 10. The van der Waals surface area contributed by atoms with E-state index in [2.05, 4.69) is 36.1 Å². The summed E-state index contributed by atoms with van der Waals surface area (Å²) in [6, 6.07) is 18.7. The van der Waals surface area contributed by atoms with Gasteiger partial charge in [-0.15, -0.1) is 23.2 Å². The van der Waals surface area contributed by atoms with Gasteiger partial charge in [0.15, 0.2) is 23.1 Å². The summed E-state index contributed by atoms with van der Waals surface area (Å²) < 4.78 is 9.11. The number of amides is 4. The van der Waals surface area contributed by atoms with Gasteiger partial charge >= 0.3 is 11.9 Å². The second kappa shape index (κ2) is 25.0. The lowest BCUT2D eigenvalue weighted by Gasteiger charge is -2.23. The van der Waals surface area contributed by atoms with Crippen LogP contribution < -0.4 is 26.6 Å². The molecule has 352 valence electrons. The number of fused-ring (bicyclic) bond motifs is 4. The van der Waals surface area contributed by atoms with Gasteiger partial charge in [-0.25, -0.2) is 0 Å². The molecule has 2 aliphatic rings. The van der Waals surface area contributed by atoms with Crippen LogP contribution in [-0.4, -0.2) is 97.8 Å². The Bertz CT molecular complexity index is 2440. The number of ether oxygens (including phenoxy) is 2. The first-order valence-electron chi connectivity index (χ1n) is 20.6. The van der Waals surface area contributed by atoms with Crippen LogP contribution in [0.2, 0.25) is 0 Å². The molecule has 67 heavy (non-hydrogen) atoms. The molecule has 0 atom stereocenters. The van der Waals surface area contributed by atoms with E-state index >= 15 is 0 Å². The Morgan fingerprint density at radius 3 is 1.09 bits per heavy atom. The van der Waals surface area contributed by atoms with E-state index in [0.29, 0.717) is 12.8 Å². The third kappa shape index (κ3) is 13.1. The van der Waals surface area contributed by atoms with Gasteiger partial charge in [0.25, 0.3) is 0 Å². The fraction of sp³-hybridized carbons (Fsp3) is 0.292. The van der Waals surface area contributed by atoms with Gasteiger partial charge in [0.1, 0.15) is 0 Å². The zero-order valence-corrected chi connectivity index (χ0v) is 37.4. The van der Waals surface area contributed by atoms with Gasteiger partial charge in [0.2, 0.25) is 23.6 Å². The SMILES string of the molecule is C.COC(=O)CCCCC(=O)Nc1ccc(NC(=O)CCNCC(=O)OC)c2c1C(=O)c1ccccc1C2=O.O=C(CCCl)Nc1ccc(NC(=O)CCCl)c2c1C(=O)c1ccccc1C2=O. The predicted molar refractivity (Wildman–Crippen MR) is 251 cm³/mol. The molecule has 0 radical (unpaired) electrons. The lowest BCUT2D eigenvalue weighted by atomic mass is 9.82. The summed E-state index contributed by atoms with van der Waals surface area (Å²) in [6.45, 7) is 0.128. The minimum atomic E-state index is -0.469. The lowest BCUT2D eigenvalue weighted by Crippen LogP contribution is -2.29. The largest absolute Gasteiger partial charge is 0.469 e. The molecule has 19 heteroatoms. The molecule has 4 aromatic rings. The minimum absolute atomic E-state index is 0. The Labute approximate surface area is 396 Å². The summed E-state index contributed by atoms with van der Waals surface area (Å²) >= 11 is 11.2. The maximum absolute atomic E-state index is 13.4. The highest BCUT2D eigenvalue weighted by molar-refractivity contribution is 6.34. The second-order valence-electron chi connectivity index (χ2n) is 14.6. The van der Waals surface area contributed by atoms with E-state index in [1.54, 1.807) is 36.4 Å². The van der Waals surface area contributed by atoms with Gasteiger partial charge in [-0.2, -0.15) is 0 Å². The summed E-state index contributed by atoms with van der Waals surface area (Å²) in [6.07, 6.45) is 1.29. The van der Waals surface area contributed by atoms with Gasteiger partial charge in [-0.1, -0.05) is 56.0 Å². The summed E-state index contributed by atoms with van der Waals surface area (Å²) in [7, 11) is 2.55. The molecule has 0 aromatic heterocycles. The van der Waals surface area contributed by atoms with E-state index in [1.807, 2.05) is 0 Å². The van der Waals surface area contributed by atoms with Crippen molar-refractivity contribution in [2.45, 2.75) is 52.4 Å². The average Bonchev–Trinajstić information content (AvgIpc) is 3.31. The highest BCUT2D eigenvalue weighted by atomic mass is 35.5. The van der Waals surface area contributed by atoms with Crippen LogP contribution in [0.4, 0.5) is 22.7 Å². The summed E-state index contributed by atoms with van der Waals surface area (Å²) in [5, 5.41) is 13.4. The molecule has 4 amide bonds. The fourth-order valence-electron chi connectivity index (χ4n) is 7.01. The molecule has 0 unspecified atom stereocenters. The van der Waals surface area contributed by atoms with Crippen LogP contribution in [-0.2, 0) is 38.2 Å². The Morgan fingerprint density at radius 1 is 0.448 bits per heavy atom. The van der Waals surface area contributed by atoms with E-state index in [4.69, 9.17) is 23.2 Å². The molecule has 0 spiro atoms. The number of anilines is 4. The van der Waals surface area contributed by atoms with Crippen molar-refractivity contribution in [1.82, 2.24) is 5.32 Å². The van der Waals surface area contributed by atoms with E-state index in [9.17, 15) is 47.9 Å². The molecule has 6 rings (SSSR count). The third-order valence-corrected chi connectivity index (χ3v) is 10.6. The summed E-state index contributed by atoms with van der Waals surface area (Å²) in [5.41, 5.74) is 1.69. The quantitative estimate of drug-likeness (QED) is 0.0353. The van der Waals surface area contributed by atoms with Gasteiger partial charge in [0, 0.05) is 72.7 Å². The molecule has 5 N–H and O–H groups in total. The molecule has 2 aliphatic carbocycles. The topological polar surface area (TPSA) is 249 Å². The second-order valence-corrected chi connectivity index (χ2v) is 15.3. The monoisotopic (exact) mass is 957 g/mol. The van der Waals surface area contributed by atoms with Crippen LogP contribution in [0.15, 0.2) is 72.8 Å². The first kappa shape index (κ1) is 52.5. The Morgan fingerprint density at radius 2 is 0.761 bits per heavy atom. The number of ketones is 4. The number of hydrogen-bond acceptors (Lipinski definition) is 13. The Hall–Kier alpha value is -7.08. The molecular weight excluding hydrogens is 909 g/mol.